The third kappa shape index (κ3) is 5.03. The van der Waals surface area contributed by atoms with Crippen LogP contribution in [0.5, 0.6) is 0 Å². The molecule has 0 aliphatic rings. The monoisotopic (exact) mass is 347 g/mol. The van der Waals surface area contributed by atoms with Crippen LogP contribution in [0.3, 0.4) is 0 Å². The second-order valence-corrected chi connectivity index (χ2v) is 5.92. The number of hydrogen-bond acceptors (Lipinski definition) is 3. The van der Waals surface area contributed by atoms with E-state index in [0.29, 0.717) is 24.6 Å². The predicted octanol–water partition coefficient (Wildman–Crippen LogP) is 1.96. The second-order valence-electron chi connectivity index (χ2n) is 5.92. The molecule has 0 fully saturated rings. The molecule has 0 aliphatic heterocycles. The fourth-order valence-electron chi connectivity index (χ4n) is 2.54. The van der Waals surface area contributed by atoms with E-state index in [1.54, 1.807) is 12.1 Å². The van der Waals surface area contributed by atoms with Crippen molar-refractivity contribution in [2.75, 3.05) is 13.1 Å². The Morgan fingerprint density at radius 3 is 2.52 bits per heavy atom. The van der Waals surface area contributed by atoms with Crippen LogP contribution in [0, 0.1) is 19.7 Å². The first-order chi connectivity index (χ1) is 11.9. The van der Waals surface area contributed by atoms with E-state index in [1.165, 1.54) is 12.1 Å². The van der Waals surface area contributed by atoms with Gasteiger partial charge in [0.1, 0.15) is 5.82 Å². The highest BCUT2D eigenvalue weighted by molar-refractivity contribution is 5.79. The zero-order chi connectivity index (χ0) is 18.4. The summed E-state index contributed by atoms with van der Waals surface area (Å²) < 4.78 is 14.8. The maximum Gasteiger partial charge on any atom is 0.191 e. The number of halogens is 1. The van der Waals surface area contributed by atoms with Gasteiger partial charge in [-0.25, -0.2) is 9.38 Å². The van der Waals surface area contributed by atoms with Gasteiger partial charge in [-0.2, -0.15) is 5.10 Å². The van der Waals surface area contributed by atoms with Gasteiger partial charge in [-0.15, -0.1) is 0 Å². The number of benzene rings is 1. The van der Waals surface area contributed by atoms with Crippen LogP contribution in [0.1, 0.15) is 35.5 Å². The average Bonchev–Trinajstić information content (AvgIpc) is 2.83. The van der Waals surface area contributed by atoms with Crippen LogP contribution in [0.2, 0.25) is 0 Å². The van der Waals surface area contributed by atoms with Gasteiger partial charge in [0.25, 0.3) is 0 Å². The third-order valence-electron chi connectivity index (χ3n) is 4.12. The van der Waals surface area contributed by atoms with Crippen LogP contribution in [0.15, 0.2) is 29.3 Å². The van der Waals surface area contributed by atoms with Crippen molar-refractivity contribution in [1.29, 1.82) is 0 Å². The number of nitrogens with one attached hydrogen (secondary N) is 2. The molecule has 7 heteroatoms. The minimum absolute atomic E-state index is 0.280. The lowest BCUT2D eigenvalue weighted by Crippen LogP contribution is -2.39. The Balaban J connectivity index is 2.01. The lowest BCUT2D eigenvalue weighted by atomic mass is 10.1. The molecular formula is C18H26FN5O. The largest absolute Gasteiger partial charge is 0.387 e. The van der Waals surface area contributed by atoms with E-state index in [9.17, 15) is 9.50 Å². The fourth-order valence-corrected chi connectivity index (χ4v) is 2.54. The van der Waals surface area contributed by atoms with Crippen molar-refractivity contribution < 1.29 is 9.50 Å². The molecule has 0 bridgehead atoms. The molecule has 2 aromatic rings. The van der Waals surface area contributed by atoms with Crippen LogP contribution in [0.4, 0.5) is 4.39 Å². The maximum atomic E-state index is 13.0. The highest BCUT2D eigenvalue weighted by Gasteiger charge is 2.11. The summed E-state index contributed by atoms with van der Waals surface area (Å²) in [6, 6.07) is 5.83. The number of rotatable bonds is 6. The van der Waals surface area contributed by atoms with E-state index < -0.39 is 6.10 Å². The Morgan fingerprint density at radius 1 is 1.28 bits per heavy atom. The summed E-state index contributed by atoms with van der Waals surface area (Å²) in [5, 5.41) is 20.9. The topological polar surface area (TPSA) is 74.5 Å². The van der Waals surface area contributed by atoms with E-state index >= 15 is 0 Å². The number of nitrogens with zero attached hydrogens (tertiary/aromatic N) is 3. The molecule has 0 amide bonds. The summed E-state index contributed by atoms with van der Waals surface area (Å²) in [6.45, 7) is 7.47. The molecular weight excluding hydrogens is 321 g/mol. The van der Waals surface area contributed by atoms with Crippen molar-refractivity contribution in [3.63, 3.8) is 0 Å². The van der Waals surface area contributed by atoms with Crippen LogP contribution in [-0.2, 0) is 13.6 Å². The Labute approximate surface area is 147 Å². The van der Waals surface area contributed by atoms with Crippen molar-refractivity contribution in [2.45, 2.75) is 33.4 Å². The van der Waals surface area contributed by atoms with E-state index in [4.69, 9.17) is 0 Å². The summed E-state index contributed by atoms with van der Waals surface area (Å²) in [5.74, 6) is 0.298. The second kappa shape index (κ2) is 8.62. The number of hydrogen-bond donors (Lipinski definition) is 3. The van der Waals surface area contributed by atoms with Gasteiger partial charge >= 0.3 is 0 Å². The number of aliphatic imine (C=N–C) groups is 1. The molecule has 1 unspecified atom stereocenters. The summed E-state index contributed by atoms with van der Waals surface area (Å²) >= 11 is 0. The molecule has 0 radical (unpaired) electrons. The molecule has 1 heterocycles. The molecule has 0 saturated heterocycles. The zero-order valence-corrected chi connectivity index (χ0v) is 15.2. The predicted molar refractivity (Wildman–Crippen MR) is 96.9 cm³/mol. The maximum absolute atomic E-state index is 13.0. The Kier molecular flexibility index (Phi) is 6.52. The first-order valence-electron chi connectivity index (χ1n) is 8.37. The molecule has 1 aromatic carbocycles. The van der Waals surface area contributed by atoms with E-state index in [0.717, 1.165) is 17.0 Å². The van der Waals surface area contributed by atoms with Gasteiger partial charge in [0.2, 0.25) is 0 Å². The van der Waals surface area contributed by atoms with Gasteiger partial charge in [0, 0.05) is 31.4 Å². The number of guanidine groups is 1. The fraction of sp³-hybridized carbons (Fsp3) is 0.444. The van der Waals surface area contributed by atoms with E-state index in [1.807, 2.05) is 32.5 Å². The van der Waals surface area contributed by atoms with Crippen molar-refractivity contribution in [1.82, 2.24) is 20.4 Å². The van der Waals surface area contributed by atoms with Gasteiger partial charge in [-0.3, -0.25) is 4.68 Å². The number of aryl methyl sites for hydroxylation is 2. The van der Waals surface area contributed by atoms with Crippen molar-refractivity contribution >= 4 is 5.96 Å². The molecule has 1 aromatic heterocycles. The highest BCUT2D eigenvalue weighted by atomic mass is 19.1. The smallest absolute Gasteiger partial charge is 0.191 e. The molecule has 136 valence electrons. The summed E-state index contributed by atoms with van der Waals surface area (Å²) in [7, 11) is 1.91. The molecule has 0 spiro atoms. The number of aliphatic hydroxyl groups is 1. The lowest BCUT2D eigenvalue weighted by Gasteiger charge is -2.15. The number of aliphatic hydroxyl groups excluding tert-OH is 1. The van der Waals surface area contributed by atoms with E-state index in [-0.39, 0.29) is 12.4 Å². The minimum atomic E-state index is -0.744. The van der Waals surface area contributed by atoms with Gasteiger partial charge < -0.3 is 15.7 Å². The lowest BCUT2D eigenvalue weighted by molar-refractivity contribution is 0.180. The first-order valence-corrected chi connectivity index (χ1v) is 8.37. The Bertz CT molecular complexity index is 724. The third-order valence-corrected chi connectivity index (χ3v) is 4.12. The van der Waals surface area contributed by atoms with Gasteiger partial charge in [0.05, 0.1) is 18.3 Å². The van der Waals surface area contributed by atoms with Crippen LogP contribution in [0.25, 0.3) is 0 Å². The normalized spacial score (nSPS) is 13.0. The summed E-state index contributed by atoms with van der Waals surface area (Å²) in [6.07, 6.45) is -0.744. The molecule has 25 heavy (non-hydrogen) atoms. The molecule has 1 atom stereocenters. The zero-order valence-electron chi connectivity index (χ0n) is 15.2. The van der Waals surface area contributed by atoms with Crippen LogP contribution in [-0.4, -0.2) is 33.9 Å². The standard InChI is InChI=1S/C18H26FN5O/c1-5-20-18(21-10-16-12(2)23-24(4)13(16)3)22-11-17(25)14-6-8-15(19)9-7-14/h6-9,17,25H,5,10-11H2,1-4H3,(H2,20,21,22). The average molecular weight is 347 g/mol. The van der Waals surface area contributed by atoms with Crippen molar-refractivity contribution in [2.24, 2.45) is 12.0 Å². The van der Waals surface area contributed by atoms with Crippen molar-refractivity contribution in [3.8, 4) is 0 Å². The molecule has 0 saturated carbocycles. The van der Waals surface area contributed by atoms with Gasteiger partial charge in [-0.05, 0) is 38.5 Å². The van der Waals surface area contributed by atoms with Gasteiger partial charge in [0.15, 0.2) is 5.96 Å². The van der Waals surface area contributed by atoms with Crippen molar-refractivity contribution in [3.05, 3.63) is 52.6 Å². The van der Waals surface area contributed by atoms with E-state index in [2.05, 4.69) is 20.7 Å². The first kappa shape index (κ1) is 18.9. The highest BCUT2D eigenvalue weighted by Crippen LogP contribution is 2.14. The Hall–Kier alpha value is -2.41. The van der Waals surface area contributed by atoms with Gasteiger partial charge in [-0.1, -0.05) is 12.1 Å². The molecule has 2 rings (SSSR count). The molecule has 3 N–H and O–H groups in total. The molecule has 6 nitrogen and oxygen atoms in total. The summed E-state index contributed by atoms with van der Waals surface area (Å²) in [5.41, 5.74) is 3.80. The SMILES string of the molecule is CCNC(=NCc1c(C)nn(C)c1C)NCC(O)c1ccc(F)cc1. The number of aromatic nitrogens is 2. The molecule has 0 aliphatic carbocycles. The van der Waals surface area contributed by atoms with Crippen LogP contribution < -0.4 is 10.6 Å². The summed E-state index contributed by atoms with van der Waals surface area (Å²) in [4.78, 5) is 4.57. The Morgan fingerprint density at radius 2 is 1.96 bits per heavy atom. The minimum Gasteiger partial charge on any atom is -0.387 e. The quantitative estimate of drug-likeness (QED) is 0.552. The van der Waals surface area contributed by atoms with Crippen LogP contribution >= 0.6 is 0 Å².